The molecule has 0 fully saturated rings. The molecule has 0 atom stereocenters. The number of hydrogen-bond donors (Lipinski definition) is 1. The largest absolute Gasteiger partial charge is 0.481 e. The number of aromatic nitrogens is 3. The minimum Gasteiger partial charge on any atom is -0.481 e. The summed E-state index contributed by atoms with van der Waals surface area (Å²) in [6.45, 7) is 0. The molecule has 0 unspecified atom stereocenters. The van der Waals surface area contributed by atoms with Gasteiger partial charge in [-0.05, 0) is 48.1 Å². The molecule has 26 heavy (non-hydrogen) atoms. The van der Waals surface area contributed by atoms with Crippen molar-refractivity contribution in [1.29, 1.82) is 0 Å². The molecule has 0 saturated heterocycles. The number of carbonyl (C=O) groups is 1. The molecule has 0 amide bonds. The normalized spacial score (nSPS) is 13.2. The van der Waals surface area contributed by atoms with Crippen LogP contribution >= 0.6 is 46.3 Å². The third-order valence-corrected chi connectivity index (χ3v) is 7.18. The van der Waals surface area contributed by atoms with Gasteiger partial charge in [-0.3, -0.25) is 9.36 Å². The number of rotatable bonds is 5. The average molecular weight is 426 g/mol. The Morgan fingerprint density at radius 2 is 2.08 bits per heavy atom. The maximum absolute atomic E-state index is 10.9. The fourth-order valence-electron chi connectivity index (χ4n) is 3.10. The Kier molecular flexibility index (Phi) is 4.96. The first-order valence-electron chi connectivity index (χ1n) is 7.89. The van der Waals surface area contributed by atoms with Crippen LogP contribution in [0.15, 0.2) is 29.7 Å². The van der Waals surface area contributed by atoms with E-state index in [2.05, 4.69) is 10.2 Å². The molecule has 4 rings (SSSR count). The van der Waals surface area contributed by atoms with Crippen molar-refractivity contribution in [3.8, 4) is 15.4 Å². The van der Waals surface area contributed by atoms with E-state index in [-0.39, 0.29) is 5.75 Å². The molecular formula is C17H13Cl2N3O2S2. The number of benzene rings is 1. The summed E-state index contributed by atoms with van der Waals surface area (Å²) < 4.78 is 1.89. The van der Waals surface area contributed by atoms with Crippen molar-refractivity contribution in [2.45, 2.75) is 24.4 Å². The number of fused-ring (bicyclic) bond motifs is 1. The number of nitrogens with zero attached hydrogens (tertiary/aromatic N) is 3. The smallest absolute Gasteiger partial charge is 0.313 e. The number of halogens is 2. The number of hydrogen-bond acceptors (Lipinski definition) is 5. The standard InChI is InChI=1S/C17H13Cl2N3O2S2/c18-12-5-4-9(6-13(12)19)15-10-2-1-3-11(10)16(26-15)22-8-20-21-17(22)25-7-14(23)24/h4-6,8H,1-3,7H2,(H,23,24). The molecule has 3 aromatic rings. The van der Waals surface area contributed by atoms with Crippen molar-refractivity contribution in [3.05, 3.63) is 45.7 Å². The maximum Gasteiger partial charge on any atom is 0.313 e. The van der Waals surface area contributed by atoms with Gasteiger partial charge in [-0.15, -0.1) is 21.5 Å². The highest BCUT2D eigenvalue weighted by Gasteiger charge is 2.26. The van der Waals surface area contributed by atoms with Crippen LogP contribution in [0.5, 0.6) is 0 Å². The molecule has 0 bridgehead atoms. The summed E-state index contributed by atoms with van der Waals surface area (Å²) in [5.74, 6) is -0.927. The Balaban J connectivity index is 1.79. The number of thioether (sulfide) groups is 1. The van der Waals surface area contributed by atoms with Crippen LogP contribution in [0.25, 0.3) is 15.4 Å². The van der Waals surface area contributed by atoms with Gasteiger partial charge >= 0.3 is 5.97 Å². The van der Waals surface area contributed by atoms with E-state index in [0.29, 0.717) is 15.2 Å². The summed E-state index contributed by atoms with van der Waals surface area (Å²) in [6.07, 6.45) is 4.75. The Labute approximate surface area is 168 Å². The highest BCUT2D eigenvalue weighted by molar-refractivity contribution is 7.99. The van der Waals surface area contributed by atoms with E-state index < -0.39 is 5.97 Å². The molecule has 1 aromatic carbocycles. The second-order valence-corrected chi connectivity index (χ2v) is 8.60. The van der Waals surface area contributed by atoms with Crippen molar-refractivity contribution in [1.82, 2.24) is 14.8 Å². The predicted octanol–water partition coefficient (Wildman–Crippen LogP) is 4.97. The molecule has 9 heteroatoms. The van der Waals surface area contributed by atoms with Crippen LogP contribution in [-0.2, 0) is 17.6 Å². The van der Waals surface area contributed by atoms with E-state index in [1.807, 2.05) is 22.8 Å². The minimum absolute atomic E-state index is 0.0497. The van der Waals surface area contributed by atoms with Crippen LogP contribution in [0.1, 0.15) is 17.5 Å². The van der Waals surface area contributed by atoms with Crippen LogP contribution in [0.4, 0.5) is 0 Å². The average Bonchev–Trinajstić information content (AvgIpc) is 3.31. The van der Waals surface area contributed by atoms with E-state index in [0.717, 1.165) is 29.8 Å². The molecule has 0 aliphatic heterocycles. The molecule has 1 N–H and O–H groups in total. The monoisotopic (exact) mass is 425 g/mol. The van der Waals surface area contributed by atoms with Gasteiger partial charge in [-0.1, -0.05) is 41.0 Å². The fraction of sp³-hybridized carbons (Fsp3) is 0.235. The summed E-state index contributed by atoms with van der Waals surface area (Å²) in [4.78, 5) is 12.1. The number of thiophene rings is 1. The van der Waals surface area contributed by atoms with Crippen molar-refractivity contribution in [3.63, 3.8) is 0 Å². The highest BCUT2D eigenvalue weighted by atomic mass is 35.5. The summed E-state index contributed by atoms with van der Waals surface area (Å²) >= 11 is 15.1. The second kappa shape index (κ2) is 7.23. The molecule has 2 heterocycles. The molecule has 0 saturated carbocycles. The van der Waals surface area contributed by atoms with Gasteiger partial charge in [-0.25, -0.2) is 0 Å². The van der Waals surface area contributed by atoms with E-state index in [1.54, 1.807) is 17.7 Å². The molecule has 0 spiro atoms. The summed E-state index contributed by atoms with van der Waals surface area (Å²) in [6, 6.07) is 5.69. The van der Waals surface area contributed by atoms with E-state index in [1.165, 1.54) is 27.8 Å². The Bertz CT molecular complexity index is 1000. The van der Waals surface area contributed by atoms with E-state index in [4.69, 9.17) is 28.3 Å². The summed E-state index contributed by atoms with van der Waals surface area (Å²) in [7, 11) is 0. The first-order valence-corrected chi connectivity index (χ1v) is 10.5. The van der Waals surface area contributed by atoms with Gasteiger partial charge in [0.1, 0.15) is 11.3 Å². The van der Waals surface area contributed by atoms with Crippen LogP contribution in [0, 0.1) is 0 Å². The lowest BCUT2D eigenvalue weighted by Crippen LogP contribution is -2.01. The van der Waals surface area contributed by atoms with Crippen molar-refractivity contribution >= 4 is 52.3 Å². The Morgan fingerprint density at radius 1 is 1.27 bits per heavy atom. The third kappa shape index (κ3) is 3.24. The lowest BCUT2D eigenvalue weighted by Gasteiger charge is -2.05. The van der Waals surface area contributed by atoms with Crippen LogP contribution in [0.3, 0.4) is 0 Å². The van der Waals surface area contributed by atoms with E-state index in [9.17, 15) is 4.79 Å². The molecule has 5 nitrogen and oxygen atoms in total. The molecule has 134 valence electrons. The van der Waals surface area contributed by atoms with Gasteiger partial charge in [0.05, 0.1) is 15.8 Å². The van der Waals surface area contributed by atoms with Gasteiger partial charge < -0.3 is 5.11 Å². The number of carboxylic acid groups (broad SMARTS) is 1. The quantitative estimate of drug-likeness (QED) is 0.584. The van der Waals surface area contributed by atoms with Gasteiger partial charge in [0, 0.05) is 4.88 Å². The zero-order valence-corrected chi connectivity index (χ0v) is 16.6. The Hall–Kier alpha value is -1.54. The molecular weight excluding hydrogens is 413 g/mol. The fourth-order valence-corrected chi connectivity index (χ4v) is 5.46. The van der Waals surface area contributed by atoms with Gasteiger partial charge in [-0.2, -0.15) is 0 Å². The lowest BCUT2D eigenvalue weighted by atomic mass is 10.1. The van der Waals surface area contributed by atoms with Crippen molar-refractivity contribution in [2.75, 3.05) is 5.75 Å². The maximum atomic E-state index is 10.9. The van der Waals surface area contributed by atoms with Crippen LogP contribution < -0.4 is 0 Å². The van der Waals surface area contributed by atoms with Gasteiger partial charge in [0.2, 0.25) is 0 Å². The molecule has 1 aliphatic rings. The van der Waals surface area contributed by atoms with Crippen molar-refractivity contribution in [2.24, 2.45) is 0 Å². The minimum atomic E-state index is -0.877. The Morgan fingerprint density at radius 3 is 2.85 bits per heavy atom. The highest BCUT2D eigenvalue weighted by Crippen LogP contribution is 2.45. The van der Waals surface area contributed by atoms with Crippen LogP contribution in [0.2, 0.25) is 10.0 Å². The number of aliphatic carboxylic acids is 1. The first-order chi connectivity index (χ1) is 12.5. The SMILES string of the molecule is O=C(O)CSc1nncn1-c1sc(-c2ccc(Cl)c(Cl)c2)c2c1CCC2. The van der Waals surface area contributed by atoms with Gasteiger partial charge in [0.15, 0.2) is 5.16 Å². The van der Waals surface area contributed by atoms with Gasteiger partial charge in [0.25, 0.3) is 0 Å². The predicted molar refractivity (Wildman–Crippen MR) is 105 cm³/mol. The molecule has 2 aromatic heterocycles. The number of carboxylic acids is 1. The summed E-state index contributed by atoms with van der Waals surface area (Å²) in [5.41, 5.74) is 3.65. The topological polar surface area (TPSA) is 68.0 Å². The third-order valence-electron chi connectivity index (χ3n) is 4.19. The molecule has 1 aliphatic carbocycles. The molecule has 0 radical (unpaired) electrons. The second-order valence-electron chi connectivity index (χ2n) is 5.84. The van der Waals surface area contributed by atoms with E-state index >= 15 is 0 Å². The lowest BCUT2D eigenvalue weighted by molar-refractivity contribution is -0.133. The first kappa shape index (κ1) is 17.9. The van der Waals surface area contributed by atoms with Crippen molar-refractivity contribution < 1.29 is 9.90 Å². The van der Waals surface area contributed by atoms with Crippen LogP contribution in [-0.4, -0.2) is 31.6 Å². The zero-order chi connectivity index (χ0) is 18.3. The zero-order valence-electron chi connectivity index (χ0n) is 13.4. The summed E-state index contributed by atoms with van der Waals surface area (Å²) in [5, 5.41) is 19.7.